The first-order valence-corrected chi connectivity index (χ1v) is 17.9. The zero-order valence-electron chi connectivity index (χ0n) is 29.1. The first-order valence-electron chi connectivity index (χ1n) is 17.9. The summed E-state index contributed by atoms with van der Waals surface area (Å²) < 4.78 is 12.5. The maximum atomic E-state index is 6.34. The Morgan fingerprint density at radius 3 is 1.69 bits per heavy atom. The number of aromatic nitrogens is 3. The normalized spacial score (nSPS) is 11.6. The minimum atomic E-state index is 0.659. The van der Waals surface area contributed by atoms with Crippen molar-refractivity contribution in [1.29, 1.82) is 0 Å². The van der Waals surface area contributed by atoms with Crippen LogP contribution in [0.25, 0.3) is 78.2 Å². The third-order valence-corrected chi connectivity index (χ3v) is 9.78. The highest BCUT2D eigenvalue weighted by molar-refractivity contribution is 5.95. The van der Waals surface area contributed by atoms with Crippen molar-refractivity contribution in [2.75, 3.05) is 0 Å². The molecule has 0 unspecified atom stereocenters. The van der Waals surface area contributed by atoms with Crippen LogP contribution >= 0.6 is 0 Å². The molecule has 1 aliphatic rings. The van der Waals surface area contributed by atoms with Gasteiger partial charge in [-0.25, -0.2) is 9.97 Å². The van der Waals surface area contributed by atoms with Gasteiger partial charge in [0, 0.05) is 33.8 Å². The number of benzene rings is 7. The average Bonchev–Trinajstić information content (AvgIpc) is 3.25. The summed E-state index contributed by atoms with van der Waals surface area (Å²) >= 11 is 0. The zero-order chi connectivity index (χ0) is 35.8. The second kappa shape index (κ2) is 13.3. The lowest BCUT2D eigenvalue weighted by Gasteiger charge is -2.21. The SMILES string of the molecule is c1ccc(-c2ccc(-c3cc(-c4cc(-c5ccc6c(c5)Oc5ccccc5O6)cc(-c5cccc6cccnc56)c4)nc(-c4ccccc4)n3)cc2)cc1. The van der Waals surface area contributed by atoms with Crippen LogP contribution in [0.5, 0.6) is 23.0 Å². The van der Waals surface area contributed by atoms with E-state index in [1.165, 1.54) is 5.56 Å². The van der Waals surface area contributed by atoms with Crippen LogP contribution in [-0.2, 0) is 0 Å². The molecule has 1 aliphatic heterocycles. The monoisotopic (exact) mass is 693 g/mol. The number of nitrogens with zero attached hydrogens (tertiary/aromatic N) is 3. The number of hydrogen-bond donors (Lipinski definition) is 0. The smallest absolute Gasteiger partial charge is 0.170 e. The van der Waals surface area contributed by atoms with E-state index >= 15 is 0 Å². The van der Waals surface area contributed by atoms with Gasteiger partial charge < -0.3 is 9.47 Å². The Labute approximate surface area is 312 Å². The van der Waals surface area contributed by atoms with Crippen molar-refractivity contribution in [3.63, 3.8) is 0 Å². The van der Waals surface area contributed by atoms with E-state index in [4.69, 9.17) is 24.4 Å². The van der Waals surface area contributed by atoms with Crippen molar-refractivity contribution in [1.82, 2.24) is 15.0 Å². The van der Waals surface area contributed by atoms with E-state index in [0.29, 0.717) is 28.8 Å². The van der Waals surface area contributed by atoms with E-state index in [9.17, 15) is 0 Å². The second-order valence-corrected chi connectivity index (χ2v) is 13.3. The van der Waals surface area contributed by atoms with Gasteiger partial charge >= 0.3 is 0 Å². The van der Waals surface area contributed by atoms with Crippen molar-refractivity contribution in [3.05, 3.63) is 188 Å². The van der Waals surface area contributed by atoms with Gasteiger partial charge in [0.1, 0.15) is 0 Å². The maximum Gasteiger partial charge on any atom is 0.170 e. The van der Waals surface area contributed by atoms with E-state index in [-0.39, 0.29) is 0 Å². The van der Waals surface area contributed by atoms with Crippen LogP contribution in [0, 0.1) is 0 Å². The summed E-state index contributed by atoms with van der Waals surface area (Å²) in [6.45, 7) is 0. The van der Waals surface area contributed by atoms with Gasteiger partial charge in [-0.1, -0.05) is 127 Å². The molecular weight excluding hydrogens is 663 g/mol. The van der Waals surface area contributed by atoms with Crippen molar-refractivity contribution in [2.24, 2.45) is 0 Å². The molecule has 0 radical (unpaired) electrons. The second-order valence-electron chi connectivity index (χ2n) is 13.3. The fraction of sp³-hybridized carbons (Fsp3) is 0. The predicted molar refractivity (Wildman–Crippen MR) is 217 cm³/mol. The van der Waals surface area contributed by atoms with Gasteiger partial charge in [-0.15, -0.1) is 0 Å². The molecule has 5 heteroatoms. The molecule has 0 fully saturated rings. The molecule has 54 heavy (non-hydrogen) atoms. The molecular formula is C49H31N3O2. The fourth-order valence-corrected chi connectivity index (χ4v) is 7.07. The molecule has 3 heterocycles. The number of ether oxygens (including phenoxy) is 2. The number of fused-ring (bicyclic) bond motifs is 3. The average molecular weight is 694 g/mol. The maximum absolute atomic E-state index is 6.34. The van der Waals surface area contributed by atoms with Crippen molar-refractivity contribution in [3.8, 4) is 90.3 Å². The molecule has 2 aromatic heterocycles. The lowest BCUT2D eigenvalue weighted by atomic mass is 9.93. The summed E-state index contributed by atoms with van der Waals surface area (Å²) in [7, 11) is 0. The van der Waals surface area contributed by atoms with Crippen LogP contribution in [0.3, 0.4) is 0 Å². The summed E-state index contributed by atoms with van der Waals surface area (Å²) in [6, 6.07) is 62.1. The fourth-order valence-electron chi connectivity index (χ4n) is 7.07. The summed E-state index contributed by atoms with van der Waals surface area (Å²) in [5.41, 5.74) is 11.9. The lowest BCUT2D eigenvalue weighted by molar-refractivity contribution is 0.360. The molecule has 254 valence electrons. The lowest BCUT2D eigenvalue weighted by Crippen LogP contribution is -1.99. The largest absolute Gasteiger partial charge is 0.450 e. The van der Waals surface area contributed by atoms with Gasteiger partial charge in [0.15, 0.2) is 28.8 Å². The molecule has 9 aromatic rings. The number of rotatable bonds is 6. The van der Waals surface area contributed by atoms with Gasteiger partial charge in [0.2, 0.25) is 0 Å². The van der Waals surface area contributed by atoms with E-state index in [2.05, 4.69) is 115 Å². The Kier molecular flexibility index (Phi) is 7.73. The van der Waals surface area contributed by atoms with Crippen molar-refractivity contribution < 1.29 is 9.47 Å². The molecule has 5 nitrogen and oxygen atoms in total. The minimum absolute atomic E-state index is 0.659. The Morgan fingerprint density at radius 2 is 0.907 bits per heavy atom. The van der Waals surface area contributed by atoms with Crippen LogP contribution in [0.15, 0.2) is 188 Å². The highest BCUT2D eigenvalue weighted by Crippen LogP contribution is 2.47. The summed E-state index contributed by atoms with van der Waals surface area (Å²) in [6.07, 6.45) is 1.85. The minimum Gasteiger partial charge on any atom is -0.450 e. The van der Waals surface area contributed by atoms with Crippen LogP contribution in [-0.4, -0.2) is 15.0 Å². The molecule has 0 saturated carbocycles. The summed E-state index contributed by atoms with van der Waals surface area (Å²) in [5.74, 6) is 3.40. The molecule has 0 saturated heterocycles. The van der Waals surface area contributed by atoms with Crippen LogP contribution < -0.4 is 9.47 Å². The molecule has 7 aromatic carbocycles. The van der Waals surface area contributed by atoms with Crippen molar-refractivity contribution >= 4 is 10.9 Å². The van der Waals surface area contributed by atoms with E-state index in [1.54, 1.807) is 0 Å². The third-order valence-electron chi connectivity index (χ3n) is 9.78. The highest BCUT2D eigenvalue weighted by atomic mass is 16.6. The van der Waals surface area contributed by atoms with Crippen LogP contribution in [0.4, 0.5) is 0 Å². The van der Waals surface area contributed by atoms with Gasteiger partial charge in [-0.3, -0.25) is 4.98 Å². The van der Waals surface area contributed by atoms with Crippen LogP contribution in [0.2, 0.25) is 0 Å². The topological polar surface area (TPSA) is 57.1 Å². The molecule has 0 N–H and O–H groups in total. The Morgan fingerprint density at radius 1 is 0.333 bits per heavy atom. The first kappa shape index (κ1) is 31.4. The Balaban J connectivity index is 1.15. The van der Waals surface area contributed by atoms with E-state index < -0.39 is 0 Å². The van der Waals surface area contributed by atoms with Gasteiger partial charge in [0.25, 0.3) is 0 Å². The van der Waals surface area contributed by atoms with Gasteiger partial charge in [0.05, 0.1) is 16.9 Å². The third kappa shape index (κ3) is 5.94. The zero-order valence-corrected chi connectivity index (χ0v) is 29.1. The molecule has 0 aliphatic carbocycles. The quantitative estimate of drug-likeness (QED) is 0.173. The molecule has 0 amide bonds. The summed E-state index contributed by atoms with van der Waals surface area (Å²) in [5, 5.41) is 1.08. The predicted octanol–water partition coefficient (Wildman–Crippen LogP) is 12.9. The van der Waals surface area contributed by atoms with Gasteiger partial charge in [-0.2, -0.15) is 0 Å². The molecule has 10 rings (SSSR count). The van der Waals surface area contributed by atoms with Crippen LogP contribution in [0.1, 0.15) is 0 Å². The number of para-hydroxylation sites is 3. The molecule has 0 spiro atoms. The molecule has 0 atom stereocenters. The number of hydrogen-bond acceptors (Lipinski definition) is 5. The Hall–Kier alpha value is -7.37. The molecule has 0 bridgehead atoms. The van der Waals surface area contributed by atoms with E-state index in [1.807, 2.05) is 72.9 Å². The highest BCUT2D eigenvalue weighted by Gasteiger charge is 2.20. The van der Waals surface area contributed by atoms with Gasteiger partial charge in [-0.05, 0) is 82.4 Å². The van der Waals surface area contributed by atoms with Crippen molar-refractivity contribution in [2.45, 2.75) is 0 Å². The number of pyridine rings is 1. The standard InChI is InChI=1S/C49H31N3O2/c1-3-11-32(12-4-1)33-20-22-34(23-21-33)42-31-43(52-49(51-42)36-13-5-2-6-14-36)40-28-38(27-39(29-40)41-17-9-15-35-16-10-26-50-48(35)41)37-24-25-46-47(30-37)54-45-19-8-7-18-44(45)53-46/h1-31H. The first-order chi connectivity index (χ1) is 26.7. The Bertz CT molecular complexity index is 2810. The summed E-state index contributed by atoms with van der Waals surface area (Å²) in [4.78, 5) is 15.2. The van der Waals surface area contributed by atoms with E-state index in [0.717, 1.165) is 66.8 Å².